The molecule has 0 bridgehead atoms. The fraction of sp³-hybridized carbons (Fsp3) is 0.500. The molecule has 3 heterocycles. The summed E-state index contributed by atoms with van der Waals surface area (Å²) < 4.78 is 7.17. The van der Waals surface area contributed by atoms with Crippen LogP contribution >= 0.6 is 0 Å². The molecule has 3 rings (SSSR count). The molecule has 0 amide bonds. The van der Waals surface area contributed by atoms with Gasteiger partial charge < -0.3 is 9.14 Å². The van der Waals surface area contributed by atoms with E-state index in [0.717, 1.165) is 43.8 Å². The summed E-state index contributed by atoms with van der Waals surface area (Å²) in [5.41, 5.74) is 2.01. The Labute approximate surface area is 124 Å². The van der Waals surface area contributed by atoms with Crippen molar-refractivity contribution in [3.8, 4) is 0 Å². The summed E-state index contributed by atoms with van der Waals surface area (Å²) in [4.78, 5) is 18.8. The summed E-state index contributed by atoms with van der Waals surface area (Å²) >= 11 is 0. The second-order valence-corrected chi connectivity index (χ2v) is 5.52. The third-order valence-corrected chi connectivity index (χ3v) is 3.92. The van der Waals surface area contributed by atoms with E-state index in [-0.39, 0.29) is 11.9 Å². The standard InChI is InChI=1S/C16H21N3O2/c1-2-21-16(20)13-6-5-8-18(10-13)11-14-12-19-9-4-3-7-15(19)17-14/h3-4,7,9,12-13H,2,5-6,8,10-11H2,1H3/t13-/m1/s1. The molecule has 1 saturated heterocycles. The number of nitrogens with zero attached hydrogens (tertiary/aromatic N) is 3. The first kappa shape index (κ1) is 14.1. The number of esters is 1. The zero-order chi connectivity index (χ0) is 14.7. The van der Waals surface area contributed by atoms with Crippen molar-refractivity contribution in [3.63, 3.8) is 0 Å². The molecule has 5 nitrogen and oxygen atoms in total. The number of aromatic nitrogens is 2. The monoisotopic (exact) mass is 287 g/mol. The van der Waals surface area contributed by atoms with Crippen LogP contribution in [0.4, 0.5) is 0 Å². The van der Waals surface area contributed by atoms with Crippen molar-refractivity contribution in [2.75, 3.05) is 19.7 Å². The maximum absolute atomic E-state index is 11.9. The highest BCUT2D eigenvalue weighted by molar-refractivity contribution is 5.72. The third-order valence-electron chi connectivity index (χ3n) is 3.92. The molecule has 2 aromatic rings. The maximum atomic E-state index is 11.9. The second-order valence-electron chi connectivity index (χ2n) is 5.52. The van der Waals surface area contributed by atoms with Crippen LogP contribution in [0.3, 0.4) is 0 Å². The molecule has 0 unspecified atom stereocenters. The van der Waals surface area contributed by atoms with Crippen molar-refractivity contribution >= 4 is 11.6 Å². The van der Waals surface area contributed by atoms with Gasteiger partial charge in [0.25, 0.3) is 0 Å². The van der Waals surface area contributed by atoms with Crippen molar-refractivity contribution in [2.24, 2.45) is 5.92 Å². The van der Waals surface area contributed by atoms with Crippen LogP contribution in [0.2, 0.25) is 0 Å². The predicted molar refractivity (Wildman–Crippen MR) is 79.8 cm³/mol. The van der Waals surface area contributed by atoms with Crippen LogP contribution in [0.1, 0.15) is 25.5 Å². The zero-order valence-electron chi connectivity index (χ0n) is 12.4. The minimum absolute atomic E-state index is 0.00994. The smallest absolute Gasteiger partial charge is 0.310 e. The largest absolute Gasteiger partial charge is 0.466 e. The number of imidazole rings is 1. The zero-order valence-corrected chi connectivity index (χ0v) is 12.4. The second kappa shape index (κ2) is 6.26. The normalized spacial score (nSPS) is 19.8. The number of hydrogen-bond acceptors (Lipinski definition) is 4. The summed E-state index contributed by atoms with van der Waals surface area (Å²) in [6, 6.07) is 5.99. The Morgan fingerprint density at radius 3 is 3.19 bits per heavy atom. The fourth-order valence-corrected chi connectivity index (χ4v) is 2.94. The molecule has 1 aliphatic rings. The van der Waals surface area contributed by atoms with Crippen LogP contribution in [0, 0.1) is 5.92 Å². The Morgan fingerprint density at radius 1 is 1.48 bits per heavy atom. The summed E-state index contributed by atoms with van der Waals surface area (Å²) in [5.74, 6) is -0.0482. The predicted octanol–water partition coefficient (Wildman–Crippen LogP) is 2.11. The first-order valence-electron chi connectivity index (χ1n) is 7.58. The number of hydrogen-bond donors (Lipinski definition) is 0. The minimum atomic E-state index is -0.0581. The molecule has 1 fully saturated rings. The van der Waals surface area contributed by atoms with Crippen molar-refractivity contribution in [1.29, 1.82) is 0 Å². The Morgan fingerprint density at radius 2 is 2.38 bits per heavy atom. The number of pyridine rings is 1. The van der Waals surface area contributed by atoms with Crippen LogP contribution in [0.15, 0.2) is 30.6 Å². The molecule has 112 valence electrons. The highest BCUT2D eigenvalue weighted by Gasteiger charge is 2.27. The molecule has 0 spiro atoms. The third kappa shape index (κ3) is 3.24. The number of ether oxygens (including phenoxy) is 1. The highest BCUT2D eigenvalue weighted by atomic mass is 16.5. The van der Waals surface area contributed by atoms with Crippen molar-refractivity contribution in [3.05, 3.63) is 36.3 Å². The van der Waals surface area contributed by atoms with E-state index in [9.17, 15) is 4.79 Å². The lowest BCUT2D eigenvalue weighted by Crippen LogP contribution is -2.39. The molecule has 0 N–H and O–H groups in total. The molecule has 21 heavy (non-hydrogen) atoms. The van der Waals surface area contributed by atoms with Crippen LogP contribution in [0.25, 0.3) is 5.65 Å². The molecule has 5 heteroatoms. The Bertz CT molecular complexity index is 590. The van der Waals surface area contributed by atoms with E-state index in [4.69, 9.17) is 4.74 Å². The highest BCUT2D eigenvalue weighted by Crippen LogP contribution is 2.19. The van der Waals surface area contributed by atoms with Crippen molar-refractivity contribution in [2.45, 2.75) is 26.3 Å². The van der Waals surface area contributed by atoms with Gasteiger partial charge in [0.2, 0.25) is 0 Å². The van der Waals surface area contributed by atoms with Gasteiger partial charge in [0.05, 0.1) is 18.2 Å². The number of rotatable bonds is 4. The average molecular weight is 287 g/mol. The summed E-state index contributed by atoms with van der Waals surface area (Å²) in [5, 5.41) is 0. The van der Waals surface area contributed by atoms with E-state index in [1.807, 2.05) is 35.7 Å². The van der Waals surface area contributed by atoms with Crippen molar-refractivity contribution < 1.29 is 9.53 Å². The SMILES string of the molecule is CCOC(=O)[C@@H]1CCCN(Cc2cn3ccccc3n2)C1. The lowest BCUT2D eigenvalue weighted by molar-refractivity contribution is -0.150. The molecule has 0 radical (unpaired) electrons. The van der Waals surface area contributed by atoms with Gasteiger partial charge in [-0.25, -0.2) is 4.98 Å². The van der Waals surface area contributed by atoms with Gasteiger partial charge in [0, 0.05) is 25.5 Å². The molecule has 1 atom stereocenters. The van der Waals surface area contributed by atoms with E-state index in [1.54, 1.807) is 0 Å². The van der Waals surface area contributed by atoms with Gasteiger partial charge in [-0.3, -0.25) is 9.69 Å². The number of piperidine rings is 1. The fourth-order valence-electron chi connectivity index (χ4n) is 2.94. The van der Waals surface area contributed by atoms with Gasteiger partial charge in [-0.15, -0.1) is 0 Å². The molecule has 1 aliphatic heterocycles. The number of carbonyl (C=O) groups excluding carboxylic acids is 1. The maximum Gasteiger partial charge on any atom is 0.310 e. The van der Waals surface area contributed by atoms with Gasteiger partial charge in [-0.05, 0) is 38.4 Å². The number of fused-ring (bicyclic) bond motifs is 1. The molecular weight excluding hydrogens is 266 g/mol. The number of carbonyl (C=O) groups is 1. The molecule has 0 aliphatic carbocycles. The van der Waals surface area contributed by atoms with E-state index in [1.165, 1.54) is 0 Å². The molecule has 0 saturated carbocycles. The van der Waals surface area contributed by atoms with Crippen molar-refractivity contribution in [1.82, 2.24) is 14.3 Å². The van der Waals surface area contributed by atoms with Gasteiger partial charge in [0.15, 0.2) is 0 Å². The molecule has 2 aromatic heterocycles. The van der Waals surface area contributed by atoms with Crippen LogP contribution in [-0.4, -0.2) is 40.0 Å². The van der Waals surface area contributed by atoms with Gasteiger partial charge in [-0.1, -0.05) is 6.07 Å². The van der Waals surface area contributed by atoms with Crippen LogP contribution in [0.5, 0.6) is 0 Å². The Balaban J connectivity index is 1.65. The van der Waals surface area contributed by atoms with Crippen LogP contribution < -0.4 is 0 Å². The van der Waals surface area contributed by atoms with E-state index >= 15 is 0 Å². The molecule has 0 aromatic carbocycles. The summed E-state index contributed by atoms with van der Waals surface area (Å²) in [6.45, 7) is 4.89. The lowest BCUT2D eigenvalue weighted by atomic mass is 9.98. The first-order chi connectivity index (χ1) is 10.3. The summed E-state index contributed by atoms with van der Waals surface area (Å²) in [7, 11) is 0. The lowest BCUT2D eigenvalue weighted by Gasteiger charge is -2.30. The van der Waals surface area contributed by atoms with Gasteiger partial charge >= 0.3 is 5.97 Å². The Kier molecular flexibility index (Phi) is 4.20. The summed E-state index contributed by atoms with van der Waals surface area (Å²) in [6.07, 6.45) is 6.03. The van der Waals surface area contributed by atoms with Gasteiger partial charge in [0.1, 0.15) is 5.65 Å². The van der Waals surface area contributed by atoms with E-state index in [0.29, 0.717) is 6.61 Å². The quantitative estimate of drug-likeness (QED) is 0.808. The minimum Gasteiger partial charge on any atom is -0.466 e. The van der Waals surface area contributed by atoms with Crippen LogP contribution in [-0.2, 0) is 16.1 Å². The first-order valence-corrected chi connectivity index (χ1v) is 7.58. The molecular formula is C16H21N3O2. The topological polar surface area (TPSA) is 46.8 Å². The average Bonchev–Trinajstić information content (AvgIpc) is 2.90. The number of likely N-dealkylation sites (tertiary alicyclic amines) is 1. The Hall–Kier alpha value is -1.88. The van der Waals surface area contributed by atoms with Gasteiger partial charge in [-0.2, -0.15) is 0 Å². The van der Waals surface area contributed by atoms with E-state index < -0.39 is 0 Å². The van der Waals surface area contributed by atoms with E-state index in [2.05, 4.69) is 16.1 Å².